The lowest BCUT2D eigenvalue weighted by Gasteiger charge is -2.49. The van der Waals surface area contributed by atoms with Crippen LogP contribution >= 0.6 is 0 Å². The van der Waals surface area contributed by atoms with E-state index in [0.717, 1.165) is 17.3 Å². The van der Waals surface area contributed by atoms with E-state index in [2.05, 4.69) is 15.1 Å². The molecule has 1 N–H and O–H groups in total. The van der Waals surface area contributed by atoms with Gasteiger partial charge in [-0.2, -0.15) is 13.2 Å². The van der Waals surface area contributed by atoms with E-state index in [1.54, 1.807) is 12.1 Å². The van der Waals surface area contributed by atoms with Gasteiger partial charge in [0.1, 0.15) is 5.82 Å². The lowest BCUT2D eigenvalue weighted by molar-refractivity contribution is -0.137. The first-order chi connectivity index (χ1) is 15.1. The summed E-state index contributed by atoms with van der Waals surface area (Å²) >= 11 is 0. The van der Waals surface area contributed by atoms with Crippen LogP contribution in [0.4, 0.5) is 23.2 Å². The Kier molecular flexibility index (Phi) is 6.16. The van der Waals surface area contributed by atoms with Gasteiger partial charge in [-0.3, -0.25) is 9.69 Å². The van der Waals surface area contributed by atoms with Crippen molar-refractivity contribution in [1.82, 2.24) is 10.2 Å². The average molecular weight is 449 g/mol. The number of anilines is 1. The molecule has 2 aromatic rings. The lowest BCUT2D eigenvalue weighted by atomic mass is 9.82. The van der Waals surface area contributed by atoms with Gasteiger partial charge in [0.05, 0.1) is 17.5 Å². The van der Waals surface area contributed by atoms with Crippen molar-refractivity contribution in [2.45, 2.75) is 45.1 Å². The molecule has 0 radical (unpaired) electrons. The number of alkyl halides is 3. The van der Waals surface area contributed by atoms with Gasteiger partial charge >= 0.3 is 6.18 Å². The molecule has 2 aromatic carbocycles. The fraction of sp³-hybridized carbons (Fsp3) is 0.458. The average Bonchev–Trinajstić information content (AvgIpc) is 2.73. The van der Waals surface area contributed by atoms with Gasteiger partial charge in [-0.05, 0) is 61.7 Å². The zero-order valence-corrected chi connectivity index (χ0v) is 18.1. The highest BCUT2D eigenvalue weighted by Gasteiger charge is 2.42. The summed E-state index contributed by atoms with van der Waals surface area (Å²) in [5, 5.41) is 2.94. The molecule has 0 unspecified atom stereocenters. The molecule has 172 valence electrons. The predicted molar refractivity (Wildman–Crippen MR) is 115 cm³/mol. The Bertz CT molecular complexity index is 974. The first-order valence-electron chi connectivity index (χ1n) is 10.9. The number of rotatable bonds is 4. The SMILES string of the molecule is CC(C)NC(=O)[C@@H]1Cc2cc(C(F)(F)F)ccc2N2CCN(Cc3ccc(F)cc3)C[C@@H]12. The quantitative estimate of drug-likeness (QED) is 0.710. The number of halogens is 4. The van der Waals surface area contributed by atoms with E-state index in [0.29, 0.717) is 31.7 Å². The summed E-state index contributed by atoms with van der Waals surface area (Å²) in [5.74, 6) is -0.878. The second-order valence-corrected chi connectivity index (χ2v) is 8.94. The number of fused-ring (bicyclic) bond motifs is 3. The zero-order valence-electron chi connectivity index (χ0n) is 18.1. The number of hydrogen-bond acceptors (Lipinski definition) is 3. The maximum Gasteiger partial charge on any atom is 0.416 e. The van der Waals surface area contributed by atoms with E-state index >= 15 is 0 Å². The second-order valence-electron chi connectivity index (χ2n) is 8.94. The summed E-state index contributed by atoms with van der Waals surface area (Å²) < 4.78 is 53.1. The number of amides is 1. The summed E-state index contributed by atoms with van der Waals surface area (Å²) in [6.45, 7) is 6.28. The molecule has 4 nitrogen and oxygen atoms in total. The standard InChI is InChI=1S/C24H27F4N3O/c1-15(2)29-23(32)20-12-17-11-18(24(26,27)28)5-8-21(17)31-10-9-30(14-22(20)31)13-16-3-6-19(25)7-4-16/h3-8,11,15,20,22H,9-10,12-14H2,1-2H3,(H,29,32)/t20-,22+/m1/s1. The minimum atomic E-state index is -4.42. The molecule has 0 bridgehead atoms. The Morgan fingerprint density at radius 3 is 2.50 bits per heavy atom. The lowest BCUT2D eigenvalue weighted by Crippen LogP contribution is -2.61. The van der Waals surface area contributed by atoms with Crippen LogP contribution in [0.25, 0.3) is 0 Å². The molecule has 2 aliphatic rings. The van der Waals surface area contributed by atoms with Crippen molar-refractivity contribution in [1.29, 1.82) is 0 Å². The third-order valence-electron chi connectivity index (χ3n) is 6.21. The first kappa shape index (κ1) is 22.6. The monoisotopic (exact) mass is 449 g/mol. The van der Waals surface area contributed by atoms with Gasteiger partial charge in [0.15, 0.2) is 0 Å². The summed E-state index contributed by atoms with van der Waals surface area (Å²) in [6.07, 6.45) is -4.15. The number of carbonyl (C=O) groups excluding carboxylic acids is 1. The molecule has 1 amide bonds. The number of benzene rings is 2. The van der Waals surface area contributed by atoms with E-state index in [1.807, 2.05) is 13.8 Å². The van der Waals surface area contributed by atoms with Crippen LogP contribution < -0.4 is 10.2 Å². The Morgan fingerprint density at radius 1 is 1.12 bits per heavy atom. The van der Waals surface area contributed by atoms with E-state index < -0.39 is 17.7 Å². The van der Waals surface area contributed by atoms with Crippen molar-refractivity contribution in [3.63, 3.8) is 0 Å². The minimum Gasteiger partial charge on any atom is -0.365 e. The van der Waals surface area contributed by atoms with E-state index in [4.69, 9.17) is 0 Å². The van der Waals surface area contributed by atoms with E-state index in [9.17, 15) is 22.4 Å². The van der Waals surface area contributed by atoms with Crippen molar-refractivity contribution in [3.05, 3.63) is 65.0 Å². The molecule has 8 heteroatoms. The van der Waals surface area contributed by atoms with Crippen molar-refractivity contribution >= 4 is 11.6 Å². The molecule has 0 aromatic heterocycles. The van der Waals surface area contributed by atoms with Crippen molar-refractivity contribution < 1.29 is 22.4 Å². The smallest absolute Gasteiger partial charge is 0.365 e. The molecule has 1 saturated heterocycles. The molecular formula is C24H27F4N3O. The maximum absolute atomic E-state index is 13.3. The van der Waals surface area contributed by atoms with E-state index in [-0.39, 0.29) is 30.2 Å². The molecule has 4 rings (SSSR count). The van der Waals surface area contributed by atoms with E-state index in [1.165, 1.54) is 24.3 Å². The molecule has 2 aliphatic heterocycles. The molecular weight excluding hydrogens is 422 g/mol. The number of nitrogens with one attached hydrogen (secondary N) is 1. The van der Waals surface area contributed by atoms with Crippen LogP contribution in [-0.2, 0) is 23.9 Å². The van der Waals surface area contributed by atoms with Gasteiger partial charge in [0.2, 0.25) is 5.91 Å². The van der Waals surface area contributed by atoms with Crippen LogP contribution in [0.5, 0.6) is 0 Å². The van der Waals surface area contributed by atoms with Crippen LogP contribution in [-0.4, -0.2) is 42.5 Å². The third-order valence-corrected chi connectivity index (χ3v) is 6.21. The highest BCUT2D eigenvalue weighted by Crippen LogP contribution is 2.40. The fourth-order valence-corrected chi connectivity index (χ4v) is 4.74. The van der Waals surface area contributed by atoms with Gasteiger partial charge in [0, 0.05) is 37.9 Å². The summed E-state index contributed by atoms with van der Waals surface area (Å²) in [4.78, 5) is 17.3. The maximum atomic E-state index is 13.3. The highest BCUT2D eigenvalue weighted by molar-refractivity contribution is 5.82. The molecule has 0 aliphatic carbocycles. The van der Waals surface area contributed by atoms with Crippen LogP contribution in [0, 0.1) is 11.7 Å². The predicted octanol–water partition coefficient (Wildman–Crippen LogP) is 4.23. The van der Waals surface area contributed by atoms with Gasteiger partial charge < -0.3 is 10.2 Å². The number of carbonyl (C=O) groups is 1. The summed E-state index contributed by atoms with van der Waals surface area (Å²) in [5.41, 5.74) is 1.63. The van der Waals surface area contributed by atoms with Crippen LogP contribution in [0.2, 0.25) is 0 Å². The minimum absolute atomic E-state index is 0.0576. The Labute approximate surface area is 185 Å². The molecule has 2 atom stereocenters. The van der Waals surface area contributed by atoms with Crippen LogP contribution in [0.3, 0.4) is 0 Å². The molecule has 2 heterocycles. The normalized spacial score (nSPS) is 21.3. The van der Waals surface area contributed by atoms with Crippen molar-refractivity contribution in [2.24, 2.45) is 5.92 Å². The highest BCUT2D eigenvalue weighted by atomic mass is 19.4. The topological polar surface area (TPSA) is 35.6 Å². The van der Waals surface area contributed by atoms with Crippen LogP contribution in [0.15, 0.2) is 42.5 Å². The number of nitrogens with zero attached hydrogens (tertiary/aromatic N) is 2. The molecule has 1 fully saturated rings. The summed E-state index contributed by atoms with van der Waals surface area (Å²) in [7, 11) is 0. The molecule has 32 heavy (non-hydrogen) atoms. The number of hydrogen-bond donors (Lipinski definition) is 1. The first-order valence-corrected chi connectivity index (χ1v) is 10.9. The van der Waals surface area contributed by atoms with Gasteiger partial charge in [-0.25, -0.2) is 4.39 Å². The van der Waals surface area contributed by atoms with Gasteiger partial charge in [-0.15, -0.1) is 0 Å². The van der Waals surface area contributed by atoms with Crippen molar-refractivity contribution in [2.75, 3.05) is 24.5 Å². The van der Waals surface area contributed by atoms with Gasteiger partial charge in [-0.1, -0.05) is 12.1 Å². The summed E-state index contributed by atoms with van der Waals surface area (Å²) in [6, 6.07) is 10.0. The largest absolute Gasteiger partial charge is 0.416 e. The zero-order chi connectivity index (χ0) is 23.0. The Balaban J connectivity index is 1.61. The van der Waals surface area contributed by atoms with Crippen LogP contribution in [0.1, 0.15) is 30.5 Å². The Morgan fingerprint density at radius 2 is 1.84 bits per heavy atom. The fourth-order valence-electron chi connectivity index (χ4n) is 4.74. The van der Waals surface area contributed by atoms with Crippen molar-refractivity contribution in [3.8, 4) is 0 Å². The number of piperazine rings is 1. The van der Waals surface area contributed by atoms with Gasteiger partial charge in [0.25, 0.3) is 0 Å². The Hall–Kier alpha value is -2.61. The molecule has 0 spiro atoms. The second kappa shape index (κ2) is 8.73. The third kappa shape index (κ3) is 4.75. The molecule has 0 saturated carbocycles.